The van der Waals surface area contributed by atoms with Gasteiger partial charge >= 0.3 is 18.1 Å². The minimum absolute atomic E-state index is 0.00912. The van der Waals surface area contributed by atoms with E-state index < -0.39 is 24.2 Å². The lowest BCUT2D eigenvalue weighted by atomic mass is 10.1. The van der Waals surface area contributed by atoms with Crippen LogP contribution < -0.4 is 5.73 Å². The van der Waals surface area contributed by atoms with E-state index in [-0.39, 0.29) is 6.42 Å². The molecule has 98 valence electrons. The maximum atomic E-state index is 11.8. The summed E-state index contributed by atoms with van der Waals surface area (Å²) < 4.78 is 39.1. The van der Waals surface area contributed by atoms with Crippen molar-refractivity contribution < 1.29 is 27.5 Å². The molecule has 0 aliphatic carbocycles. The van der Waals surface area contributed by atoms with Crippen molar-refractivity contribution in [2.75, 3.05) is 0 Å². The first-order chi connectivity index (χ1) is 8.30. The van der Waals surface area contributed by atoms with Gasteiger partial charge in [-0.1, -0.05) is 30.3 Å². The number of rotatable bonds is 3. The largest absolute Gasteiger partial charge is 0.491 e. The molecule has 0 amide bonds. The maximum absolute atomic E-state index is 11.8. The molecule has 4 nitrogen and oxygen atoms in total. The summed E-state index contributed by atoms with van der Waals surface area (Å²) in [6, 6.07) is 7.10. The fourth-order valence-corrected chi connectivity index (χ4v) is 1.18. The quantitative estimate of drug-likeness (QED) is 0.655. The second-order valence-electron chi connectivity index (χ2n) is 3.50. The van der Waals surface area contributed by atoms with Crippen LogP contribution >= 0.6 is 0 Å². The van der Waals surface area contributed by atoms with Crippen LogP contribution in [-0.4, -0.2) is 24.2 Å². The highest BCUT2D eigenvalue weighted by Crippen LogP contribution is 2.17. The number of nitrogens with two attached hydrogens (primary N) is 1. The molecule has 0 radical (unpaired) electrons. The van der Waals surface area contributed by atoms with Gasteiger partial charge < -0.3 is 10.5 Å². The molecular formula is C11H10F3NO3. The number of carbonyl (C=O) groups excluding carboxylic acids is 2. The summed E-state index contributed by atoms with van der Waals surface area (Å²) in [6.07, 6.45) is -5.22. The number of ether oxygens (including phenoxy) is 1. The van der Waals surface area contributed by atoms with Crippen LogP contribution in [0.3, 0.4) is 0 Å². The number of halogens is 3. The fourth-order valence-electron chi connectivity index (χ4n) is 1.18. The van der Waals surface area contributed by atoms with Gasteiger partial charge in [-0.3, -0.25) is 0 Å². The van der Waals surface area contributed by atoms with Crippen molar-refractivity contribution in [1.29, 1.82) is 0 Å². The highest BCUT2D eigenvalue weighted by Gasteiger charge is 2.43. The molecule has 0 aromatic heterocycles. The van der Waals surface area contributed by atoms with Crippen LogP contribution in [0, 0.1) is 0 Å². The van der Waals surface area contributed by atoms with Gasteiger partial charge in [-0.05, 0) is 12.0 Å². The Balaban J connectivity index is 2.55. The maximum Gasteiger partial charge on any atom is 0.491 e. The summed E-state index contributed by atoms with van der Waals surface area (Å²) in [5.74, 6) is -3.96. The Hall–Kier alpha value is -1.89. The third-order valence-corrected chi connectivity index (χ3v) is 2.03. The molecule has 18 heavy (non-hydrogen) atoms. The number of hydrogen-bond donors (Lipinski definition) is 1. The first kappa shape index (κ1) is 14.2. The topological polar surface area (TPSA) is 69.4 Å². The minimum Gasteiger partial charge on any atom is -0.385 e. The van der Waals surface area contributed by atoms with Crippen LogP contribution in [0.15, 0.2) is 30.3 Å². The highest BCUT2D eigenvalue weighted by molar-refractivity contribution is 5.90. The monoisotopic (exact) mass is 261 g/mol. The van der Waals surface area contributed by atoms with E-state index in [9.17, 15) is 22.8 Å². The molecule has 0 heterocycles. The summed E-state index contributed by atoms with van der Waals surface area (Å²) in [7, 11) is 0. The zero-order valence-corrected chi connectivity index (χ0v) is 9.11. The lowest BCUT2D eigenvalue weighted by molar-refractivity contribution is -0.202. The van der Waals surface area contributed by atoms with Gasteiger partial charge in [0.1, 0.15) is 6.04 Å². The highest BCUT2D eigenvalue weighted by atomic mass is 19.4. The molecule has 1 aromatic carbocycles. The molecule has 0 unspecified atom stereocenters. The van der Waals surface area contributed by atoms with E-state index >= 15 is 0 Å². The van der Waals surface area contributed by atoms with E-state index in [0.717, 1.165) is 0 Å². The Bertz CT molecular complexity index is 431. The molecule has 1 rings (SSSR count). The molecule has 0 aliphatic heterocycles. The van der Waals surface area contributed by atoms with E-state index in [1.807, 2.05) is 0 Å². The van der Waals surface area contributed by atoms with Gasteiger partial charge in [0.2, 0.25) is 0 Å². The van der Waals surface area contributed by atoms with E-state index in [1.54, 1.807) is 30.3 Å². The molecule has 0 aliphatic rings. The summed E-state index contributed by atoms with van der Waals surface area (Å²) in [6.45, 7) is 0. The average molecular weight is 261 g/mol. The van der Waals surface area contributed by atoms with Gasteiger partial charge in [-0.15, -0.1) is 0 Å². The first-order valence-corrected chi connectivity index (χ1v) is 4.93. The number of carbonyl (C=O) groups is 2. The normalized spacial score (nSPS) is 12.9. The smallest absolute Gasteiger partial charge is 0.385 e. The Labute approximate surface area is 101 Å². The average Bonchev–Trinajstić information content (AvgIpc) is 2.28. The van der Waals surface area contributed by atoms with Crippen molar-refractivity contribution in [3.63, 3.8) is 0 Å². The van der Waals surface area contributed by atoms with E-state index in [2.05, 4.69) is 4.74 Å². The summed E-state index contributed by atoms with van der Waals surface area (Å²) in [5, 5.41) is 0. The van der Waals surface area contributed by atoms with Gasteiger partial charge in [0.25, 0.3) is 0 Å². The van der Waals surface area contributed by atoms with Gasteiger partial charge in [0.05, 0.1) is 0 Å². The summed E-state index contributed by atoms with van der Waals surface area (Å²) in [4.78, 5) is 21.5. The Morgan fingerprint density at radius 2 is 1.78 bits per heavy atom. The van der Waals surface area contributed by atoms with E-state index in [4.69, 9.17) is 5.73 Å². The Morgan fingerprint density at radius 3 is 2.28 bits per heavy atom. The molecule has 0 saturated carbocycles. The van der Waals surface area contributed by atoms with E-state index in [1.165, 1.54) is 0 Å². The lowest BCUT2D eigenvalue weighted by Gasteiger charge is -2.11. The van der Waals surface area contributed by atoms with Crippen LogP contribution in [0.1, 0.15) is 5.56 Å². The van der Waals surface area contributed by atoms with Crippen LogP contribution in [0.4, 0.5) is 13.2 Å². The third-order valence-electron chi connectivity index (χ3n) is 2.03. The Morgan fingerprint density at radius 1 is 1.22 bits per heavy atom. The molecule has 1 atom stereocenters. The summed E-state index contributed by atoms with van der Waals surface area (Å²) in [5.41, 5.74) is 6.00. The van der Waals surface area contributed by atoms with Gasteiger partial charge in [0, 0.05) is 0 Å². The van der Waals surface area contributed by atoms with Crippen molar-refractivity contribution in [3.05, 3.63) is 35.9 Å². The minimum atomic E-state index is -5.21. The number of hydrogen-bond acceptors (Lipinski definition) is 4. The van der Waals surface area contributed by atoms with Crippen LogP contribution in [0.5, 0.6) is 0 Å². The second kappa shape index (κ2) is 5.63. The van der Waals surface area contributed by atoms with Crippen molar-refractivity contribution in [3.8, 4) is 0 Å². The number of alkyl halides is 3. The predicted molar refractivity (Wildman–Crippen MR) is 55.3 cm³/mol. The van der Waals surface area contributed by atoms with Crippen molar-refractivity contribution in [1.82, 2.24) is 0 Å². The molecule has 0 fully saturated rings. The molecule has 7 heteroatoms. The predicted octanol–water partition coefficient (Wildman–Crippen LogP) is 1.19. The van der Waals surface area contributed by atoms with Crippen LogP contribution in [0.2, 0.25) is 0 Å². The molecule has 0 spiro atoms. The SMILES string of the molecule is N[C@@H](Cc1ccccc1)C(=O)OC(=O)C(F)(F)F. The van der Waals surface area contributed by atoms with Crippen molar-refractivity contribution in [2.45, 2.75) is 18.6 Å². The second-order valence-corrected chi connectivity index (χ2v) is 3.50. The zero-order valence-electron chi connectivity index (χ0n) is 9.11. The molecule has 0 saturated heterocycles. The van der Waals surface area contributed by atoms with Gasteiger partial charge in [0.15, 0.2) is 0 Å². The number of esters is 2. The van der Waals surface area contributed by atoms with Crippen molar-refractivity contribution in [2.24, 2.45) is 5.73 Å². The number of benzene rings is 1. The standard InChI is InChI=1S/C11H10F3NO3/c12-11(13,14)10(17)18-9(16)8(15)6-7-4-2-1-3-5-7/h1-5,8H,6,15H2/t8-/m0/s1. The molecule has 0 bridgehead atoms. The van der Waals surface area contributed by atoms with E-state index in [0.29, 0.717) is 5.56 Å². The third kappa shape index (κ3) is 4.17. The molecular weight excluding hydrogens is 251 g/mol. The van der Waals surface area contributed by atoms with Gasteiger partial charge in [-0.25, -0.2) is 9.59 Å². The van der Waals surface area contributed by atoms with Crippen LogP contribution in [-0.2, 0) is 20.7 Å². The fraction of sp³-hybridized carbons (Fsp3) is 0.273. The lowest BCUT2D eigenvalue weighted by Crippen LogP contribution is -2.38. The first-order valence-electron chi connectivity index (χ1n) is 4.93. The van der Waals surface area contributed by atoms with Gasteiger partial charge in [-0.2, -0.15) is 13.2 Å². The molecule has 1 aromatic rings. The zero-order chi connectivity index (χ0) is 13.8. The Kier molecular flexibility index (Phi) is 4.43. The van der Waals surface area contributed by atoms with Crippen molar-refractivity contribution >= 4 is 11.9 Å². The summed E-state index contributed by atoms with van der Waals surface area (Å²) >= 11 is 0. The van der Waals surface area contributed by atoms with Crippen LogP contribution in [0.25, 0.3) is 0 Å². The molecule has 2 N–H and O–H groups in total.